The second-order valence-corrected chi connectivity index (χ2v) is 6.30. The first-order chi connectivity index (χ1) is 9.74. The molecule has 1 saturated heterocycles. The van der Waals surface area contributed by atoms with Crippen LogP contribution in [0.1, 0.15) is 37.9 Å². The highest BCUT2D eigenvalue weighted by atomic mass is 35.5. The summed E-state index contributed by atoms with van der Waals surface area (Å²) in [5.74, 6) is 0.842. The van der Waals surface area contributed by atoms with E-state index >= 15 is 0 Å². The van der Waals surface area contributed by atoms with Gasteiger partial charge in [0.1, 0.15) is 9.98 Å². The topological polar surface area (TPSA) is 46.1 Å². The number of rotatable bonds is 2. The zero-order chi connectivity index (χ0) is 13.9. The summed E-state index contributed by atoms with van der Waals surface area (Å²) < 4.78 is 0. The molecule has 2 aromatic rings. The van der Waals surface area contributed by atoms with Gasteiger partial charge in [0.15, 0.2) is 5.82 Å². The Labute approximate surface area is 126 Å². The largest absolute Gasteiger partial charge is 0.335 e. The molecule has 1 fully saturated rings. The summed E-state index contributed by atoms with van der Waals surface area (Å²) in [6, 6.07) is 1.92. The standard InChI is InChI=1S/C14H16ClN3OS/c15-13-10-6-8-20-14(10)17-11(16-13)9-18-7-4-2-1-3-5-12(18)19/h6,8H,1-5,7,9H2. The smallest absolute Gasteiger partial charge is 0.222 e. The Hall–Kier alpha value is -1.20. The van der Waals surface area contributed by atoms with Crippen LogP contribution in [0, 0.1) is 0 Å². The number of aromatic nitrogens is 2. The van der Waals surface area contributed by atoms with Crippen LogP contribution in [-0.2, 0) is 11.3 Å². The Morgan fingerprint density at radius 3 is 3.00 bits per heavy atom. The Kier molecular flexibility index (Phi) is 4.17. The number of carbonyl (C=O) groups excluding carboxylic acids is 1. The highest BCUT2D eigenvalue weighted by molar-refractivity contribution is 7.16. The van der Waals surface area contributed by atoms with Crippen molar-refractivity contribution >= 4 is 39.1 Å². The molecule has 0 aliphatic carbocycles. The maximum absolute atomic E-state index is 12.1. The maximum Gasteiger partial charge on any atom is 0.222 e. The summed E-state index contributed by atoms with van der Waals surface area (Å²) in [7, 11) is 0. The van der Waals surface area contributed by atoms with E-state index in [-0.39, 0.29) is 5.91 Å². The summed E-state index contributed by atoms with van der Waals surface area (Å²) in [6.07, 6.45) is 5.02. The predicted octanol–water partition coefficient (Wildman–Crippen LogP) is 3.64. The average Bonchev–Trinajstić information content (AvgIpc) is 2.87. The van der Waals surface area contributed by atoms with E-state index in [1.54, 1.807) is 11.3 Å². The Morgan fingerprint density at radius 2 is 2.10 bits per heavy atom. The van der Waals surface area contributed by atoms with E-state index < -0.39 is 0 Å². The highest BCUT2D eigenvalue weighted by Crippen LogP contribution is 2.25. The van der Waals surface area contributed by atoms with Crippen molar-refractivity contribution in [1.82, 2.24) is 14.9 Å². The van der Waals surface area contributed by atoms with Crippen molar-refractivity contribution in [3.8, 4) is 0 Å². The third kappa shape index (κ3) is 2.94. The molecule has 1 amide bonds. The Morgan fingerprint density at radius 1 is 1.25 bits per heavy atom. The van der Waals surface area contributed by atoms with Gasteiger partial charge in [-0.05, 0) is 24.3 Å². The van der Waals surface area contributed by atoms with Crippen LogP contribution in [0.5, 0.6) is 0 Å². The third-order valence-corrected chi connectivity index (χ3v) is 4.67. The molecule has 0 aromatic carbocycles. The van der Waals surface area contributed by atoms with Crippen LogP contribution >= 0.6 is 22.9 Å². The van der Waals surface area contributed by atoms with Crippen molar-refractivity contribution in [1.29, 1.82) is 0 Å². The zero-order valence-corrected chi connectivity index (χ0v) is 12.7. The van der Waals surface area contributed by atoms with Crippen LogP contribution < -0.4 is 0 Å². The van der Waals surface area contributed by atoms with E-state index in [2.05, 4.69) is 9.97 Å². The molecule has 0 spiro atoms. The van der Waals surface area contributed by atoms with Crippen molar-refractivity contribution in [2.24, 2.45) is 0 Å². The summed E-state index contributed by atoms with van der Waals surface area (Å²) in [4.78, 5) is 23.7. The van der Waals surface area contributed by atoms with Gasteiger partial charge in [0, 0.05) is 18.4 Å². The van der Waals surface area contributed by atoms with Crippen molar-refractivity contribution in [2.45, 2.75) is 38.6 Å². The van der Waals surface area contributed by atoms with E-state index in [0.717, 1.165) is 36.0 Å². The molecule has 1 aliphatic rings. The average molecular weight is 310 g/mol. The van der Waals surface area contributed by atoms with Crippen LogP contribution in [0.25, 0.3) is 10.2 Å². The summed E-state index contributed by atoms with van der Waals surface area (Å²) >= 11 is 7.72. The quantitative estimate of drug-likeness (QED) is 0.796. The van der Waals surface area contributed by atoms with Gasteiger partial charge in [0.25, 0.3) is 0 Å². The molecule has 1 aliphatic heterocycles. The molecule has 3 rings (SSSR count). The highest BCUT2D eigenvalue weighted by Gasteiger charge is 2.18. The lowest BCUT2D eigenvalue weighted by Gasteiger charge is -2.24. The minimum absolute atomic E-state index is 0.204. The number of hydrogen-bond acceptors (Lipinski definition) is 4. The Balaban J connectivity index is 1.81. The van der Waals surface area contributed by atoms with E-state index in [9.17, 15) is 4.79 Å². The zero-order valence-electron chi connectivity index (χ0n) is 11.1. The monoisotopic (exact) mass is 309 g/mol. The van der Waals surface area contributed by atoms with Gasteiger partial charge in [-0.2, -0.15) is 0 Å². The molecule has 20 heavy (non-hydrogen) atoms. The molecular weight excluding hydrogens is 294 g/mol. The molecule has 0 radical (unpaired) electrons. The fraction of sp³-hybridized carbons (Fsp3) is 0.500. The van der Waals surface area contributed by atoms with Crippen molar-refractivity contribution in [3.63, 3.8) is 0 Å². The lowest BCUT2D eigenvalue weighted by atomic mass is 10.1. The number of amides is 1. The number of nitrogens with zero attached hydrogens (tertiary/aromatic N) is 3. The van der Waals surface area contributed by atoms with Gasteiger partial charge >= 0.3 is 0 Å². The number of fused-ring (bicyclic) bond motifs is 1. The van der Waals surface area contributed by atoms with Crippen LogP contribution in [-0.4, -0.2) is 27.3 Å². The maximum atomic E-state index is 12.1. The summed E-state index contributed by atoms with van der Waals surface area (Å²) in [5, 5.41) is 3.32. The van der Waals surface area contributed by atoms with Crippen LogP contribution in [0.3, 0.4) is 0 Å². The fourth-order valence-corrected chi connectivity index (χ4v) is 3.57. The van der Waals surface area contributed by atoms with Crippen molar-refractivity contribution in [2.75, 3.05) is 6.54 Å². The fourth-order valence-electron chi connectivity index (χ4n) is 2.48. The molecule has 0 saturated carbocycles. The molecule has 4 nitrogen and oxygen atoms in total. The molecular formula is C14H16ClN3OS. The minimum atomic E-state index is 0.204. The number of likely N-dealkylation sites (tertiary alicyclic amines) is 1. The van der Waals surface area contributed by atoms with Crippen molar-refractivity contribution < 1.29 is 4.79 Å². The van der Waals surface area contributed by atoms with Gasteiger partial charge in [-0.1, -0.05) is 24.4 Å². The minimum Gasteiger partial charge on any atom is -0.335 e. The van der Waals surface area contributed by atoms with E-state index in [1.807, 2.05) is 16.3 Å². The van der Waals surface area contributed by atoms with Crippen molar-refractivity contribution in [3.05, 3.63) is 22.4 Å². The molecule has 6 heteroatoms. The van der Waals surface area contributed by atoms with Gasteiger partial charge in [-0.3, -0.25) is 4.79 Å². The van der Waals surface area contributed by atoms with Gasteiger partial charge < -0.3 is 4.90 Å². The summed E-state index contributed by atoms with van der Waals surface area (Å²) in [6.45, 7) is 1.26. The number of thiophene rings is 1. The first-order valence-corrected chi connectivity index (χ1v) is 8.17. The van der Waals surface area contributed by atoms with Gasteiger partial charge in [0.05, 0.1) is 6.54 Å². The normalized spacial score (nSPS) is 17.2. The second-order valence-electron chi connectivity index (χ2n) is 5.05. The van der Waals surface area contributed by atoms with Gasteiger partial charge in [-0.25, -0.2) is 9.97 Å². The van der Waals surface area contributed by atoms with Crippen LogP contribution in [0.2, 0.25) is 5.15 Å². The molecule has 2 aromatic heterocycles. The number of carbonyl (C=O) groups is 1. The van der Waals surface area contributed by atoms with Crippen LogP contribution in [0.15, 0.2) is 11.4 Å². The van der Waals surface area contributed by atoms with E-state index in [4.69, 9.17) is 11.6 Å². The molecule has 106 valence electrons. The van der Waals surface area contributed by atoms with Gasteiger partial charge in [0.2, 0.25) is 5.91 Å². The Bertz CT molecular complexity index is 628. The molecule has 0 bridgehead atoms. The predicted molar refractivity (Wildman–Crippen MR) is 80.9 cm³/mol. The first-order valence-electron chi connectivity index (χ1n) is 6.91. The first kappa shape index (κ1) is 13.8. The van der Waals surface area contributed by atoms with E-state index in [1.165, 1.54) is 6.42 Å². The van der Waals surface area contributed by atoms with E-state index in [0.29, 0.717) is 23.9 Å². The molecule has 0 N–H and O–H groups in total. The molecule has 3 heterocycles. The summed E-state index contributed by atoms with van der Waals surface area (Å²) in [5.41, 5.74) is 0. The molecule has 0 unspecified atom stereocenters. The second kappa shape index (κ2) is 6.06. The SMILES string of the molecule is O=C1CCCCCCN1Cc1nc(Cl)c2ccsc2n1. The number of halogens is 1. The lowest BCUT2D eigenvalue weighted by Crippen LogP contribution is -2.33. The third-order valence-electron chi connectivity index (χ3n) is 3.58. The van der Waals surface area contributed by atoms with Gasteiger partial charge in [-0.15, -0.1) is 11.3 Å². The van der Waals surface area contributed by atoms with Crippen LogP contribution in [0.4, 0.5) is 0 Å². The number of hydrogen-bond donors (Lipinski definition) is 0. The lowest BCUT2D eigenvalue weighted by molar-refractivity contribution is -0.132. The molecule has 0 atom stereocenters.